The van der Waals surface area contributed by atoms with Crippen molar-refractivity contribution in [2.24, 2.45) is 0 Å². The summed E-state index contributed by atoms with van der Waals surface area (Å²) in [5.41, 5.74) is 13.0. The molecule has 0 atom stereocenters. The SMILES string of the molecule is C=C/C=C\c1ccc2cc(-c3ccc(N(c4cc(-c5cccc6ccccc56)ccc4-c4ccccc4)c4cccc5ccccc45)cc3)ccc2c1C. The predicted octanol–water partition coefficient (Wildman–Crippen LogP) is 15.1. The number of benzene rings is 9. The normalized spacial score (nSPS) is 11.4. The summed E-state index contributed by atoms with van der Waals surface area (Å²) >= 11 is 0. The Kier molecular flexibility index (Phi) is 8.67. The van der Waals surface area contributed by atoms with Crippen LogP contribution in [0.3, 0.4) is 0 Å². The zero-order valence-electron chi connectivity index (χ0n) is 30.3. The van der Waals surface area contributed by atoms with E-state index in [2.05, 4.69) is 213 Å². The molecule has 9 rings (SSSR count). The summed E-state index contributed by atoms with van der Waals surface area (Å²) in [6, 6.07) is 68.6. The van der Waals surface area contributed by atoms with E-state index in [4.69, 9.17) is 0 Å². The molecule has 0 radical (unpaired) electrons. The molecule has 256 valence electrons. The summed E-state index contributed by atoms with van der Waals surface area (Å²) in [6.45, 7) is 6.03. The molecule has 9 aromatic rings. The molecule has 0 saturated carbocycles. The highest BCUT2D eigenvalue weighted by atomic mass is 15.1. The van der Waals surface area contributed by atoms with E-state index in [0.717, 1.165) is 17.1 Å². The van der Waals surface area contributed by atoms with Crippen LogP contribution in [0.2, 0.25) is 0 Å². The van der Waals surface area contributed by atoms with Crippen molar-refractivity contribution in [2.45, 2.75) is 6.92 Å². The molecule has 0 spiro atoms. The Morgan fingerprint density at radius 3 is 1.89 bits per heavy atom. The van der Waals surface area contributed by atoms with Gasteiger partial charge in [-0.05, 0) is 103 Å². The molecule has 0 aliphatic carbocycles. The lowest BCUT2D eigenvalue weighted by molar-refractivity contribution is 1.30. The fourth-order valence-electron chi connectivity index (χ4n) is 7.87. The van der Waals surface area contributed by atoms with Crippen LogP contribution in [-0.4, -0.2) is 0 Å². The maximum atomic E-state index is 3.83. The molecule has 0 aromatic heterocycles. The van der Waals surface area contributed by atoms with Crippen LogP contribution in [0.5, 0.6) is 0 Å². The summed E-state index contributed by atoms with van der Waals surface area (Å²) in [7, 11) is 0. The fraction of sp³-hybridized carbons (Fsp3) is 0.0189. The highest BCUT2D eigenvalue weighted by Crippen LogP contribution is 2.46. The molecule has 0 fully saturated rings. The van der Waals surface area contributed by atoms with Crippen molar-refractivity contribution in [3.8, 4) is 33.4 Å². The molecule has 0 unspecified atom stereocenters. The van der Waals surface area contributed by atoms with Gasteiger partial charge in [-0.15, -0.1) is 0 Å². The number of hydrogen-bond acceptors (Lipinski definition) is 1. The lowest BCUT2D eigenvalue weighted by Crippen LogP contribution is -2.12. The predicted molar refractivity (Wildman–Crippen MR) is 234 cm³/mol. The van der Waals surface area contributed by atoms with Crippen molar-refractivity contribution in [1.82, 2.24) is 0 Å². The first kappa shape index (κ1) is 32.9. The van der Waals surface area contributed by atoms with Gasteiger partial charge in [-0.2, -0.15) is 0 Å². The molecule has 9 aromatic carbocycles. The molecule has 54 heavy (non-hydrogen) atoms. The molecular weight excluding hydrogens is 651 g/mol. The molecule has 1 nitrogen and oxygen atoms in total. The van der Waals surface area contributed by atoms with Crippen LogP contribution >= 0.6 is 0 Å². The van der Waals surface area contributed by atoms with Crippen molar-refractivity contribution in [2.75, 3.05) is 4.90 Å². The minimum absolute atomic E-state index is 1.10. The average molecular weight is 690 g/mol. The molecule has 0 N–H and O–H groups in total. The van der Waals surface area contributed by atoms with E-state index in [1.54, 1.807) is 0 Å². The molecule has 0 heterocycles. The van der Waals surface area contributed by atoms with Gasteiger partial charge < -0.3 is 4.90 Å². The van der Waals surface area contributed by atoms with Crippen LogP contribution in [0.15, 0.2) is 207 Å². The topological polar surface area (TPSA) is 3.24 Å². The van der Waals surface area contributed by atoms with Gasteiger partial charge in [-0.3, -0.25) is 0 Å². The highest BCUT2D eigenvalue weighted by Gasteiger charge is 2.21. The van der Waals surface area contributed by atoms with Crippen LogP contribution in [0.1, 0.15) is 11.1 Å². The van der Waals surface area contributed by atoms with Gasteiger partial charge in [-0.25, -0.2) is 0 Å². The first-order valence-corrected chi connectivity index (χ1v) is 18.5. The summed E-state index contributed by atoms with van der Waals surface area (Å²) in [6.07, 6.45) is 5.94. The van der Waals surface area contributed by atoms with Crippen LogP contribution in [0.25, 0.3) is 71.8 Å². The third-order valence-corrected chi connectivity index (χ3v) is 10.6. The molecule has 0 saturated heterocycles. The van der Waals surface area contributed by atoms with Crippen LogP contribution in [0.4, 0.5) is 17.1 Å². The molecule has 0 bridgehead atoms. The van der Waals surface area contributed by atoms with E-state index in [0.29, 0.717) is 0 Å². The summed E-state index contributed by atoms with van der Waals surface area (Å²) in [5.74, 6) is 0. The molecule has 0 aliphatic rings. The minimum atomic E-state index is 1.10. The second-order valence-electron chi connectivity index (χ2n) is 13.8. The van der Waals surface area contributed by atoms with Crippen molar-refractivity contribution in [3.05, 3.63) is 218 Å². The van der Waals surface area contributed by atoms with Gasteiger partial charge in [0.25, 0.3) is 0 Å². The lowest BCUT2D eigenvalue weighted by Gasteiger charge is -2.30. The second kappa shape index (κ2) is 14.2. The number of allylic oxidation sites excluding steroid dienone is 2. The molecule has 0 amide bonds. The number of aryl methyl sites for hydroxylation is 1. The molecule has 1 heteroatoms. The first-order valence-electron chi connectivity index (χ1n) is 18.5. The number of anilines is 3. The Bertz CT molecular complexity index is 2830. The van der Waals surface area contributed by atoms with E-state index in [1.807, 2.05) is 12.2 Å². The quantitative estimate of drug-likeness (QED) is 0.144. The maximum Gasteiger partial charge on any atom is 0.0546 e. The Hall–Kier alpha value is -6.96. The standard InChI is InChI=1S/C53H39N/c1-3-4-14-38-25-26-44-35-43(29-33-47(44)37(38)2)39-27-31-46(32-28-39)54(52-24-13-20-42-18-9-11-22-50(42)52)53-36-45(30-34-51(53)41-15-6-5-7-16-41)49-23-12-19-40-17-8-10-21-48(40)49/h3-36H,1H2,2H3/b14-4-. The van der Waals surface area contributed by atoms with Gasteiger partial charge >= 0.3 is 0 Å². The number of fused-ring (bicyclic) bond motifs is 3. The number of nitrogens with zero attached hydrogens (tertiary/aromatic N) is 1. The van der Waals surface area contributed by atoms with Crippen LogP contribution in [-0.2, 0) is 0 Å². The van der Waals surface area contributed by atoms with E-state index < -0.39 is 0 Å². The zero-order chi connectivity index (χ0) is 36.4. The monoisotopic (exact) mass is 689 g/mol. The van der Waals surface area contributed by atoms with Crippen molar-refractivity contribution < 1.29 is 0 Å². The van der Waals surface area contributed by atoms with Gasteiger partial charge in [0.15, 0.2) is 0 Å². The van der Waals surface area contributed by atoms with Gasteiger partial charge in [-0.1, -0.05) is 183 Å². The third-order valence-electron chi connectivity index (χ3n) is 10.6. The zero-order valence-corrected chi connectivity index (χ0v) is 30.3. The van der Waals surface area contributed by atoms with Crippen LogP contribution < -0.4 is 4.90 Å². The summed E-state index contributed by atoms with van der Waals surface area (Å²) in [5, 5.41) is 7.39. The lowest BCUT2D eigenvalue weighted by atomic mass is 9.93. The Balaban J connectivity index is 1.23. The Morgan fingerprint density at radius 2 is 1.09 bits per heavy atom. The van der Waals surface area contributed by atoms with E-state index >= 15 is 0 Å². The summed E-state index contributed by atoms with van der Waals surface area (Å²) in [4.78, 5) is 2.45. The van der Waals surface area contributed by atoms with Crippen molar-refractivity contribution in [3.63, 3.8) is 0 Å². The molecular formula is C53H39N. The summed E-state index contributed by atoms with van der Waals surface area (Å²) < 4.78 is 0. The smallest absolute Gasteiger partial charge is 0.0546 e. The van der Waals surface area contributed by atoms with Gasteiger partial charge in [0, 0.05) is 16.6 Å². The van der Waals surface area contributed by atoms with Crippen LogP contribution in [0, 0.1) is 6.92 Å². The average Bonchev–Trinajstić information content (AvgIpc) is 3.24. The largest absolute Gasteiger partial charge is 0.309 e. The third kappa shape index (κ3) is 6.06. The Labute approximate surface area is 317 Å². The van der Waals surface area contributed by atoms with Crippen molar-refractivity contribution >= 4 is 55.5 Å². The van der Waals surface area contributed by atoms with Gasteiger partial charge in [0.2, 0.25) is 0 Å². The highest BCUT2D eigenvalue weighted by molar-refractivity contribution is 6.03. The minimum Gasteiger partial charge on any atom is -0.309 e. The first-order chi connectivity index (χ1) is 26.7. The van der Waals surface area contributed by atoms with E-state index in [1.165, 1.54) is 76.8 Å². The van der Waals surface area contributed by atoms with Gasteiger partial charge in [0.05, 0.1) is 11.4 Å². The van der Waals surface area contributed by atoms with Gasteiger partial charge in [0.1, 0.15) is 0 Å². The van der Waals surface area contributed by atoms with E-state index in [-0.39, 0.29) is 0 Å². The maximum absolute atomic E-state index is 3.83. The van der Waals surface area contributed by atoms with Crippen molar-refractivity contribution in [1.29, 1.82) is 0 Å². The molecule has 0 aliphatic heterocycles. The fourth-order valence-corrected chi connectivity index (χ4v) is 7.87. The Morgan fingerprint density at radius 1 is 0.426 bits per heavy atom. The second-order valence-corrected chi connectivity index (χ2v) is 13.8. The van der Waals surface area contributed by atoms with E-state index in [9.17, 15) is 0 Å². The number of hydrogen-bond donors (Lipinski definition) is 0. The number of rotatable bonds is 8.